The van der Waals surface area contributed by atoms with Gasteiger partial charge in [0.05, 0.1) is 6.42 Å². The zero-order valence-corrected chi connectivity index (χ0v) is 26.5. The highest BCUT2D eigenvalue weighted by atomic mass is 16.6. The zero-order valence-electron chi connectivity index (χ0n) is 26.5. The summed E-state index contributed by atoms with van der Waals surface area (Å²) in [6.45, 7) is 12.8. The number of alkyl carbamates (subject to hydrolysis) is 1. The van der Waals surface area contributed by atoms with Crippen LogP contribution in [0, 0.1) is 46.3 Å². The van der Waals surface area contributed by atoms with Gasteiger partial charge >= 0.3 is 12.1 Å². The van der Waals surface area contributed by atoms with E-state index in [0.29, 0.717) is 18.4 Å². The molecule has 0 saturated heterocycles. The molecule has 41 heavy (non-hydrogen) atoms. The normalized spacial score (nSPS) is 35.1. The number of aliphatic carboxylic acids is 1. The van der Waals surface area contributed by atoms with E-state index in [1.807, 2.05) is 0 Å². The van der Waals surface area contributed by atoms with Crippen molar-refractivity contribution >= 4 is 17.8 Å². The molecular weight excluding hydrogens is 514 g/mol. The smallest absolute Gasteiger partial charge is 0.407 e. The number of rotatable bonds is 13. The maximum absolute atomic E-state index is 12.5. The van der Waals surface area contributed by atoms with Crippen LogP contribution in [0.2, 0.25) is 0 Å². The molecule has 4 aliphatic carbocycles. The molecule has 0 unspecified atom stereocenters. The summed E-state index contributed by atoms with van der Waals surface area (Å²) in [7, 11) is 0. The van der Waals surface area contributed by atoms with Crippen LogP contribution in [-0.2, 0) is 14.3 Å². The predicted molar refractivity (Wildman–Crippen MR) is 162 cm³/mol. The molecule has 3 saturated carbocycles. The molecule has 1 amide bonds. The average molecular weight is 572 g/mol. The lowest BCUT2D eigenvalue weighted by Gasteiger charge is -2.58. The van der Waals surface area contributed by atoms with Crippen molar-refractivity contribution in [2.75, 3.05) is 6.54 Å². The third kappa shape index (κ3) is 7.39. The van der Waals surface area contributed by atoms with Gasteiger partial charge in [-0.05, 0) is 97.7 Å². The molecule has 0 spiro atoms. The topological polar surface area (TPSA) is 92.7 Å². The highest BCUT2D eigenvalue weighted by molar-refractivity contribution is 5.82. The maximum Gasteiger partial charge on any atom is 0.407 e. The largest absolute Gasteiger partial charge is 0.481 e. The van der Waals surface area contributed by atoms with Crippen molar-refractivity contribution in [3.63, 3.8) is 0 Å². The lowest BCUT2D eigenvalue weighted by molar-refractivity contribution is -0.138. The van der Waals surface area contributed by atoms with E-state index >= 15 is 0 Å². The highest BCUT2D eigenvalue weighted by Crippen LogP contribution is 2.67. The molecule has 0 aliphatic heterocycles. The Morgan fingerprint density at radius 2 is 1.76 bits per heavy atom. The van der Waals surface area contributed by atoms with Gasteiger partial charge in [-0.2, -0.15) is 0 Å². The number of hydrogen-bond acceptors (Lipinski definition) is 4. The molecule has 0 aromatic carbocycles. The van der Waals surface area contributed by atoms with Crippen molar-refractivity contribution in [2.45, 2.75) is 137 Å². The monoisotopic (exact) mass is 571 g/mol. The molecule has 0 heterocycles. The summed E-state index contributed by atoms with van der Waals surface area (Å²) in [6, 6.07) is 0. The van der Waals surface area contributed by atoms with E-state index < -0.39 is 12.1 Å². The summed E-state index contributed by atoms with van der Waals surface area (Å²) in [5.41, 5.74) is 2.25. The maximum atomic E-state index is 12.5. The Bertz CT molecular complexity index is 974. The minimum absolute atomic E-state index is 0.0513. The quantitative estimate of drug-likeness (QED) is 0.171. The van der Waals surface area contributed by atoms with E-state index in [4.69, 9.17) is 9.84 Å². The molecule has 0 radical (unpaired) electrons. The Kier molecular flexibility index (Phi) is 10.7. The van der Waals surface area contributed by atoms with Crippen molar-refractivity contribution in [3.05, 3.63) is 11.6 Å². The van der Waals surface area contributed by atoms with Gasteiger partial charge < -0.3 is 15.2 Å². The van der Waals surface area contributed by atoms with Crippen LogP contribution in [0.25, 0.3) is 0 Å². The van der Waals surface area contributed by atoms with Crippen LogP contribution in [0.15, 0.2) is 11.6 Å². The number of carboxylic acids is 1. The second-order valence-corrected chi connectivity index (χ2v) is 15.0. The van der Waals surface area contributed by atoms with E-state index in [1.165, 1.54) is 56.9 Å². The molecule has 2 N–H and O–H groups in total. The van der Waals surface area contributed by atoms with Crippen molar-refractivity contribution in [1.82, 2.24) is 5.32 Å². The number of fused-ring (bicyclic) bond motifs is 5. The first-order valence-electron chi connectivity index (χ1n) is 16.8. The van der Waals surface area contributed by atoms with Crippen LogP contribution in [0.4, 0.5) is 4.79 Å². The zero-order chi connectivity index (χ0) is 29.8. The number of allylic oxidation sites excluding steroid dienone is 1. The third-order valence-corrected chi connectivity index (χ3v) is 12.1. The van der Waals surface area contributed by atoms with Crippen LogP contribution in [0.5, 0.6) is 0 Å². The number of hydrogen-bond donors (Lipinski definition) is 2. The summed E-state index contributed by atoms with van der Waals surface area (Å²) in [6.07, 6.45) is 16.5. The van der Waals surface area contributed by atoms with Gasteiger partial charge in [0.15, 0.2) is 0 Å². The van der Waals surface area contributed by atoms with Gasteiger partial charge in [0.25, 0.3) is 0 Å². The first kappa shape index (κ1) is 32.1. The van der Waals surface area contributed by atoms with Crippen molar-refractivity contribution < 1.29 is 24.2 Å². The molecule has 4 aliphatic rings. The molecular formula is C35H57NO5. The van der Waals surface area contributed by atoms with Crippen molar-refractivity contribution in [1.29, 1.82) is 0 Å². The van der Waals surface area contributed by atoms with Gasteiger partial charge in [0.1, 0.15) is 11.9 Å². The summed E-state index contributed by atoms with van der Waals surface area (Å²) in [5.74, 6) is 3.89. The Morgan fingerprint density at radius 1 is 0.976 bits per heavy atom. The SMILES string of the molecule is CC(C)CCC[C@@H](C)[C@H]1CC[C@H]2[C@@H]3CC=C4C[C@H](OC(=O)NCCCC(=O)CCC(=O)O)CC[C@]4(C)[C@H]3CC[C@]12C. The van der Waals surface area contributed by atoms with Crippen LogP contribution in [-0.4, -0.2) is 35.6 Å². The average Bonchev–Trinajstić information content (AvgIpc) is 3.27. The predicted octanol–water partition coefficient (Wildman–Crippen LogP) is 8.34. The van der Waals surface area contributed by atoms with E-state index in [2.05, 4.69) is 46.0 Å². The van der Waals surface area contributed by atoms with Gasteiger partial charge in [-0.1, -0.05) is 65.5 Å². The second kappa shape index (κ2) is 13.6. The first-order valence-corrected chi connectivity index (χ1v) is 16.8. The van der Waals surface area contributed by atoms with E-state index in [9.17, 15) is 14.4 Å². The fraction of sp³-hybridized carbons (Fsp3) is 0.857. The summed E-state index contributed by atoms with van der Waals surface area (Å²) in [4.78, 5) is 34.8. The Morgan fingerprint density at radius 3 is 2.49 bits per heavy atom. The number of ketones is 1. The second-order valence-electron chi connectivity index (χ2n) is 15.0. The van der Waals surface area contributed by atoms with Crippen LogP contribution in [0.3, 0.4) is 0 Å². The van der Waals surface area contributed by atoms with Gasteiger partial charge in [-0.15, -0.1) is 0 Å². The molecule has 6 nitrogen and oxygen atoms in total. The number of carboxylic acid groups (broad SMARTS) is 1. The molecule has 0 bridgehead atoms. The van der Waals surface area contributed by atoms with Crippen LogP contribution >= 0.6 is 0 Å². The fourth-order valence-corrected chi connectivity index (χ4v) is 9.79. The summed E-state index contributed by atoms with van der Waals surface area (Å²) >= 11 is 0. The molecule has 6 heteroatoms. The minimum Gasteiger partial charge on any atom is -0.481 e. The molecule has 232 valence electrons. The lowest BCUT2D eigenvalue weighted by Crippen LogP contribution is -2.51. The first-order chi connectivity index (χ1) is 19.4. The fourth-order valence-electron chi connectivity index (χ4n) is 9.79. The molecule has 3 fully saturated rings. The van der Waals surface area contributed by atoms with Gasteiger partial charge in [0.2, 0.25) is 0 Å². The molecule has 8 atom stereocenters. The Labute approximate surface area is 248 Å². The van der Waals surface area contributed by atoms with Crippen molar-refractivity contribution in [3.8, 4) is 0 Å². The lowest BCUT2D eigenvalue weighted by atomic mass is 9.47. The Hall–Kier alpha value is -1.85. The number of carbonyl (C=O) groups is 3. The highest BCUT2D eigenvalue weighted by Gasteiger charge is 2.59. The number of ether oxygens (including phenoxy) is 1. The molecule has 0 aromatic rings. The standard InChI is InChI=1S/C35H57NO5/c1-23(2)8-6-9-24(3)29-14-15-30-28-13-11-25-22-27(17-19-34(25,4)31(28)18-20-35(29,30)5)41-33(40)36-21-7-10-26(37)12-16-32(38)39/h11,23-24,27-31H,6-10,12-22H2,1-5H3,(H,36,40)(H,38,39)/t24-,27-,28+,29-,30+,31+,34+,35-/m1/s1. The van der Waals surface area contributed by atoms with Gasteiger partial charge in [0, 0.05) is 25.8 Å². The minimum atomic E-state index is -0.959. The third-order valence-electron chi connectivity index (χ3n) is 12.1. The van der Waals surface area contributed by atoms with Gasteiger partial charge in [-0.25, -0.2) is 4.79 Å². The van der Waals surface area contributed by atoms with Crippen LogP contribution < -0.4 is 5.32 Å². The number of carbonyl (C=O) groups excluding carboxylic acids is 2. The summed E-state index contributed by atoms with van der Waals surface area (Å²) in [5, 5.41) is 11.5. The number of amides is 1. The molecule has 0 aromatic heterocycles. The van der Waals surface area contributed by atoms with Gasteiger partial charge in [-0.3, -0.25) is 9.59 Å². The van der Waals surface area contributed by atoms with Crippen molar-refractivity contribution in [2.24, 2.45) is 46.3 Å². The number of Topliss-reactive ketones (excluding diaryl/α,β-unsaturated/α-hetero) is 1. The van der Waals surface area contributed by atoms with E-state index in [-0.39, 0.29) is 36.6 Å². The summed E-state index contributed by atoms with van der Waals surface area (Å²) < 4.78 is 5.83. The van der Waals surface area contributed by atoms with E-state index in [1.54, 1.807) is 0 Å². The molecule has 4 rings (SSSR count). The van der Waals surface area contributed by atoms with E-state index in [0.717, 1.165) is 54.8 Å². The van der Waals surface area contributed by atoms with Crippen LogP contribution in [0.1, 0.15) is 131 Å². The Balaban J connectivity index is 1.27. The number of nitrogens with one attached hydrogen (secondary N) is 1.